The maximum atomic E-state index is 13.1. The molecule has 4 rings (SSSR count). The first-order valence-electron chi connectivity index (χ1n) is 10.0. The van der Waals surface area contributed by atoms with Crippen LogP contribution in [-0.2, 0) is 20.5 Å². The van der Waals surface area contributed by atoms with E-state index in [0.717, 1.165) is 21.8 Å². The monoisotopic (exact) mass is 437 g/mol. The highest BCUT2D eigenvalue weighted by Gasteiger charge is 2.49. The smallest absolute Gasteiger partial charge is 0.325 e. The molecule has 6 nitrogen and oxygen atoms in total. The highest BCUT2D eigenvalue weighted by Crippen LogP contribution is 2.46. The molecule has 2 aromatic rings. The number of carbonyl (C=O) groups is 3. The zero-order valence-corrected chi connectivity index (χ0v) is 18.7. The number of hydrogen-bond acceptors (Lipinski definition) is 4. The number of halogens is 1. The summed E-state index contributed by atoms with van der Waals surface area (Å²) in [7, 11) is 1.91. The third-order valence-corrected chi connectivity index (χ3v) is 6.50. The highest BCUT2D eigenvalue weighted by atomic mass is 35.5. The quantitative estimate of drug-likeness (QED) is 0.580. The number of rotatable bonds is 4. The first-order chi connectivity index (χ1) is 14.6. The lowest BCUT2D eigenvalue weighted by atomic mass is 9.83. The normalized spacial score (nSPS) is 23.3. The molecule has 2 heterocycles. The molecule has 2 aromatic carbocycles. The minimum absolute atomic E-state index is 0.313. The lowest BCUT2D eigenvalue weighted by molar-refractivity contribution is -0.133. The van der Waals surface area contributed by atoms with Crippen molar-refractivity contribution in [3.8, 4) is 0 Å². The summed E-state index contributed by atoms with van der Waals surface area (Å²) in [5.41, 5.74) is 1.99. The molecule has 0 bridgehead atoms. The molecule has 1 unspecified atom stereocenters. The number of ketones is 1. The molecule has 0 saturated carbocycles. The Balaban J connectivity index is 1.57. The molecular formula is C24H24ClN3O3. The maximum Gasteiger partial charge on any atom is 0.325 e. The number of fused-ring (bicyclic) bond motifs is 1. The van der Waals surface area contributed by atoms with Gasteiger partial charge in [-0.25, -0.2) is 4.79 Å². The minimum Gasteiger partial charge on any atom is -0.347 e. The topological polar surface area (TPSA) is 69.7 Å². The van der Waals surface area contributed by atoms with Gasteiger partial charge < -0.3 is 10.2 Å². The number of urea groups is 1. The van der Waals surface area contributed by atoms with E-state index in [0.29, 0.717) is 10.6 Å². The van der Waals surface area contributed by atoms with Crippen LogP contribution in [0.25, 0.3) is 0 Å². The number of nitrogens with zero attached hydrogens (tertiary/aromatic N) is 2. The molecule has 1 N–H and O–H groups in total. The Hall–Kier alpha value is -3.12. The van der Waals surface area contributed by atoms with Crippen molar-refractivity contribution >= 4 is 35.0 Å². The average Bonchev–Trinajstić information content (AvgIpc) is 3.06. The predicted octanol–water partition coefficient (Wildman–Crippen LogP) is 3.99. The summed E-state index contributed by atoms with van der Waals surface area (Å²) in [6.45, 7) is 5.42. The van der Waals surface area contributed by atoms with Crippen molar-refractivity contribution in [2.45, 2.75) is 31.7 Å². The zero-order chi connectivity index (χ0) is 22.6. The third-order valence-electron chi connectivity index (χ3n) is 6.25. The van der Waals surface area contributed by atoms with Crippen molar-refractivity contribution in [3.63, 3.8) is 0 Å². The minimum atomic E-state index is -1.24. The summed E-state index contributed by atoms with van der Waals surface area (Å²) < 4.78 is 0. The van der Waals surface area contributed by atoms with Crippen LogP contribution in [-0.4, -0.2) is 36.2 Å². The number of nitrogens with one attached hydrogen (secondary N) is 1. The van der Waals surface area contributed by atoms with Gasteiger partial charge in [0.15, 0.2) is 5.78 Å². The van der Waals surface area contributed by atoms with E-state index >= 15 is 0 Å². The van der Waals surface area contributed by atoms with E-state index in [2.05, 4.69) is 19.2 Å². The molecule has 31 heavy (non-hydrogen) atoms. The first kappa shape index (κ1) is 21.1. The number of para-hydroxylation sites is 1. The van der Waals surface area contributed by atoms with E-state index in [1.807, 2.05) is 36.2 Å². The number of likely N-dealkylation sites (N-methyl/N-ethyl adjacent to an activating group) is 1. The number of hydrogen-bond donors (Lipinski definition) is 1. The summed E-state index contributed by atoms with van der Waals surface area (Å²) in [4.78, 5) is 41.5. The van der Waals surface area contributed by atoms with Gasteiger partial charge in [0.1, 0.15) is 5.54 Å². The van der Waals surface area contributed by atoms with E-state index in [4.69, 9.17) is 11.6 Å². The van der Waals surface area contributed by atoms with E-state index in [-0.39, 0.29) is 17.7 Å². The van der Waals surface area contributed by atoms with Gasteiger partial charge in [-0.3, -0.25) is 14.5 Å². The molecule has 7 heteroatoms. The largest absolute Gasteiger partial charge is 0.347 e. The number of amides is 3. The van der Waals surface area contributed by atoms with E-state index in [9.17, 15) is 14.4 Å². The fourth-order valence-corrected chi connectivity index (χ4v) is 4.56. The number of benzene rings is 2. The van der Waals surface area contributed by atoms with Crippen molar-refractivity contribution < 1.29 is 14.4 Å². The lowest BCUT2D eigenvalue weighted by Gasteiger charge is -2.24. The van der Waals surface area contributed by atoms with Crippen LogP contribution >= 0.6 is 11.6 Å². The van der Waals surface area contributed by atoms with E-state index in [1.165, 1.54) is 0 Å². The van der Waals surface area contributed by atoms with Crippen molar-refractivity contribution in [1.82, 2.24) is 10.2 Å². The molecule has 0 aliphatic carbocycles. The van der Waals surface area contributed by atoms with Gasteiger partial charge in [0.25, 0.3) is 5.91 Å². The van der Waals surface area contributed by atoms with Crippen LogP contribution in [0.4, 0.5) is 10.5 Å². The van der Waals surface area contributed by atoms with Crippen LogP contribution in [0.5, 0.6) is 0 Å². The van der Waals surface area contributed by atoms with Gasteiger partial charge in [0, 0.05) is 34.9 Å². The van der Waals surface area contributed by atoms with Crippen LogP contribution in [0.2, 0.25) is 5.02 Å². The Morgan fingerprint density at radius 2 is 1.71 bits per heavy atom. The summed E-state index contributed by atoms with van der Waals surface area (Å²) in [6, 6.07) is 14.1. The van der Waals surface area contributed by atoms with Gasteiger partial charge in [0.05, 0.1) is 6.54 Å². The number of allylic oxidation sites excluding steroid dienone is 1. The molecule has 160 valence electrons. The van der Waals surface area contributed by atoms with Crippen molar-refractivity contribution in [2.24, 2.45) is 0 Å². The predicted molar refractivity (Wildman–Crippen MR) is 120 cm³/mol. The number of anilines is 1. The molecule has 2 aliphatic rings. The lowest BCUT2D eigenvalue weighted by Crippen LogP contribution is -2.41. The van der Waals surface area contributed by atoms with Crippen LogP contribution in [0.3, 0.4) is 0 Å². The van der Waals surface area contributed by atoms with Crippen LogP contribution < -0.4 is 10.2 Å². The molecule has 3 amide bonds. The number of imide groups is 1. The summed E-state index contributed by atoms with van der Waals surface area (Å²) in [6.07, 6.45) is 1.54. The summed E-state index contributed by atoms with van der Waals surface area (Å²) in [5, 5.41) is 3.25. The van der Waals surface area contributed by atoms with Crippen molar-refractivity contribution in [1.29, 1.82) is 0 Å². The maximum absolute atomic E-state index is 13.1. The second-order valence-corrected chi connectivity index (χ2v) is 9.09. The van der Waals surface area contributed by atoms with E-state index < -0.39 is 17.5 Å². The summed E-state index contributed by atoms with van der Waals surface area (Å²) in [5.74, 6) is -0.777. The van der Waals surface area contributed by atoms with Gasteiger partial charge in [-0.2, -0.15) is 0 Å². The van der Waals surface area contributed by atoms with Crippen LogP contribution in [0.15, 0.2) is 60.3 Å². The number of carbonyl (C=O) groups excluding carboxylic acids is 3. The molecule has 1 atom stereocenters. The fraction of sp³-hybridized carbons (Fsp3) is 0.292. The highest BCUT2D eigenvalue weighted by molar-refractivity contribution is 6.30. The Labute approximate surface area is 186 Å². The molecule has 0 aromatic heterocycles. The average molecular weight is 438 g/mol. The Kier molecular flexibility index (Phi) is 4.93. The molecule has 1 saturated heterocycles. The summed E-state index contributed by atoms with van der Waals surface area (Å²) >= 11 is 5.94. The molecular weight excluding hydrogens is 414 g/mol. The molecule has 1 fully saturated rings. The molecule has 2 aliphatic heterocycles. The Morgan fingerprint density at radius 1 is 1.06 bits per heavy atom. The second kappa shape index (κ2) is 7.24. The van der Waals surface area contributed by atoms with Gasteiger partial charge in [-0.1, -0.05) is 55.8 Å². The Morgan fingerprint density at radius 3 is 2.35 bits per heavy atom. The van der Waals surface area contributed by atoms with E-state index in [1.54, 1.807) is 37.3 Å². The van der Waals surface area contributed by atoms with Gasteiger partial charge in [0.2, 0.25) is 0 Å². The third kappa shape index (κ3) is 3.31. The van der Waals surface area contributed by atoms with Crippen molar-refractivity contribution in [3.05, 3.63) is 76.5 Å². The zero-order valence-electron chi connectivity index (χ0n) is 17.9. The van der Waals surface area contributed by atoms with Gasteiger partial charge in [-0.15, -0.1) is 0 Å². The second-order valence-electron chi connectivity index (χ2n) is 8.65. The first-order valence-corrected chi connectivity index (χ1v) is 10.4. The van der Waals surface area contributed by atoms with Crippen molar-refractivity contribution in [2.75, 3.05) is 18.5 Å². The standard InChI is InChI=1S/C24H24ClN3O3/c1-23(2)18-7-5-6-8-19(18)27(4)20(23)13-17(29)14-28-21(30)24(3,26-22(28)31)15-9-11-16(25)12-10-15/h5-13H,14H2,1-4H3,(H,26,31)/b20-13+. The molecule has 0 spiro atoms. The SMILES string of the molecule is CN1/C(=C/C(=O)CN2C(=O)NC(C)(c3ccc(Cl)cc3)C2=O)C(C)(C)c2ccccc21. The molecule has 0 radical (unpaired) electrons. The van der Waals surface area contributed by atoms with Crippen LogP contribution in [0.1, 0.15) is 31.9 Å². The van der Waals surface area contributed by atoms with Gasteiger partial charge >= 0.3 is 6.03 Å². The van der Waals surface area contributed by atoms with Gasteiger partial charge in [-0.05, 0) is 36.2 Å². The Bertz CT molecular complexity index is 1120. The van der Waals surface area contributed by atoms with Crippen LogP contribution in [0, 0.1) is 0 Å². The fourth-order valence-electron chi connectivity index (χ4n) is 4.43.